The highest BCUT2D eigenvalue weighted by atomic mass is 79.9. The summed E-state index contributed by atoms with van der Waals surface area (Å²) >= 11 is 3.23. The predicted molar refractivity (Wildman–Crippen MR) is 73.3 cm³/mol. The highest BCUT2D eigenvalue weighted by Crippen LogP contribution is 2.32. The lowest BCUT2D eigenvalue weighted by molar-refractivity contribution is -0.133. The fourth-order valence-electron chi connectivity index (χ4n) is 2.13. The van der Waals surface area contributed by atoms with E-state index in [2.05, 4.69) is 21.2 Å². The number of anilines is 1. The van der Waals surface area contributed by atoms with Gasteiger partial charge in [0.1, 0.15) is 17.9 Å². The summed E-state index contributed by atoms with van der Waals surface area (Å²) in [6.07, 6.45) is 0.472. The normalized spacial score (nSPS) is 23.5. The Hall–Kier alpha value is -1.43. The molecule has 2 unspecified atom stereocenters. The molecule has 1 aromatic carbocycles. The number of rotatable bonds is 2. The van der Waals surface area contributed by atoms with Gasteiger partial charge in [-0.15, -0.1) is 0 Å². The van der Waals surface area contributed by atoms with E-state index >= 15 is 0 Å². The first kappa shape index (κ1) is 14.0. The lowest BCUT2D eigenvalue weighted by Gasteiger charge is -2.37. The van der Waals surface area contributed by atoms with Crippen molar-refractivity contribution in [2.45, 2.75) is 32.4 Å². The van der Waals surface area contributed by atoms with Crippen LogP contribution in [0.5, 0.6) is 0 Å². The molecule has 0 bridgehead atoms. The molecule has 6 heteroatoms. The molecule has 1 aliphatic rings. The number of para-hydroxylation sites is 1. The summed E-state index contributed by atoms with van der Waals surface area (Å²) in [7, 11) is 0. The predicted octanol–water partition coefficient (Wildman–Crippen LogP) is 2.22. The molecule has 0 radical (unpaired) electrons. The van der Waals surface area contributed by atoms with Crippen molar-refractivity contribution in [2.75, 3.05) is 4.90 Å². The van der Waals surface area contributed by atoms with Crippen molar-refractivity contribution >= 4 is 33.4 Å². The molecule has 4 nitrogen and oxygen atoms in total. The Morgan fingerprint density at radius 3 is 2.68 bits per heavy atom. The zero-order valence-electron chi connectivity index (χ0n) is 10.6. The van der Waals surface area contributed by atoms with Gasteiger partial charge in [-0.05, 0) is 41.4 Å². The fraction of sp³-hybridized carbons (Fsp3) is 0.385. The number of halogens is 2. The van der Waals surface area contributed by atoms with Crippen molar-refractivity contribution in [1.29, 1.82) is 0 Å². The van der Waals surface area contributed by atoms with Crippen LogP contribution in [0.15, 0.2) is 22.7 Å². The van der Waals surface area contributed by atoms with Crippen LogP contribution in [0.3, 0.4) is 0 Å². The van der Waals surface area contributed by atoms with Crippen LogP contribution in [-0.2, 0) is 9.59 Å². The highest BCUT2D eigenvalue weighted by Gasteiger charge is 2.39. The monoisotopic (exact) mass is 328 g/mol. The molecular weight excluding hydrogens is 315 g/mol. The van der Waals surface area contributed by atoms with Gasteiger partial charge in [0, 0.05) is 4.47 Å². The molecule has 2 atom stereocenters. The molecule has 1 N–H and O–H groups in total. The van der Waals surface area contributed by atoms with Gasteiger partial charge in [0.2, 0.25) is 11.8 Å². The minimum absolute atomic E-state index is 0.119. The molecule has 0 aromatic heterocycles. The lowest BCUT2D eigenvalue weighted by Crippen LogP contribution is -2.62. The molecule has 1 heterocycles. The van der Waals surface area contributed by atoms with Gasteiger partial charge < -0.3 is 5.32 Å². The maximum atomic E-state index is 14.0. The maximum absolute atomic E-state index is 14.0. The van der Waals surface area contributed by atoms with Crippen LogP contribution in [0.1, 0.15) is 20.3 Å². The van der Waals surface area contributed by atoms with Crippen molar-refractivity contribution in [1.82, 2.24) is 5.32 Å². The van der Waals surface area contributed by atoms with Gasteiger partial charge in [-0.25, -0.2) is 4.39 Å². The first-order valence-electron chi connectivity index (χ1n) is 6.04. The summed E-state index contributed by atoms with van der Waals surface area (Å²) in [6, 6.07) is 3.12. The second-order valence-electron chi connectivity index (χ2n) is 4.42. The van der Waals surface area contributed by atoms with Crippen molar-refractivity contribution in [3.8, 4) is 0 Å². The average Bonchev–Trinajstić information content (AvgIpc) is 2.37. The SMILES string of the molecule is CCC1NC(=O)C(C)N(c2c(F)cccc2Br)C1=O. The number of carbonyl (C=O) groups is 2. The molecular formula is C13H14BrFN2O2. The van der Waals surface area contributed by atoms with E-state index in [1.807, 2.05) is 0 Å². The summed E-state index contributed by atoms with van der Waals surface area (Å²) < 4.78 is 14.4. The smallest absolute Gasteiger partial charge is 0.250 e. The van der Waals surface area contributed by atoms with Gasteiger partial charge in [0.05, 0.1) is 5.69 Å². The third-order valence-electron chi connectivity index (χ3n) is 3.21. The zero-order chi connectivity index (χ0) is 14.2. The number of nitrogens with one attached hydrogen (secondary N) is 1. The van der Waals surface area contributed by atoms with E-state index < -0.39 is 17.9 Å². The van der Waals surface area contributed by atoms with E-state index in [1.54, 1.807) is 26.0 Å². The molecule has 1 fully saturated rings. The van der Waals surface area contributed by atoms with Crippen molar-refractivity contribution in [3.05, 3.63) is 28.5 Å². The zero-order valence-corrected chi connectivity index (χ0v) is 12.2. The Balaban J connectivity index is 2.51. The quantitative estimate of drug-likeness (QED) is 0.904. The van der Waals surface area contributed by atoms with Crippen LogP contribution < -0.4 is 10.2 Å². The van der Waals surface area contributed by atoms with Gasteiger partial charge in [0.15, 0.2) is 0 Å². The maximum Gasteiger partial charge on any atom is 0.250 e. The van der Waals surface area contributed by atoms with Gasteiger partial charge in [-0.1, -0.05) is 13.0 Å². The van der Waals surface area contributed by atoms with Crippen molar-refractivity contribution in [3.63, 3.8) is 0 Å². The first-order chi connectivity index (χ1) is 8.97. The van der Waals surface area contributed by atoms with Crippen LogP contribution in [0, 0.1) is 5.82 Å². The second-order valence-corrected chi connectivity index (χ2v) is 5.28. The Bertz CT molecular complexity index is 515. The standard InChI is InChI=1S/C13H14BrFN2O2/c1-3-10-13(19)17(7(2)12(18)16-10)11-8(14)5-4-6-9(11)15/h4-7,10H,3H2,1-2H3,(H,16,18). The van der Waals surface area contributed by atoms with E-state index in [9.17, 15) is 14.0 Å². The van der Waals surface area contributed by atoms with Crippen LogP contribution in [-0.4, -0.2) is 23.9 Å². The summed E-state index contributed by atoms with van der Waals surface area (Å²) in [5.74, 6) is -1.10. The fourth-order valence-corrected chi connectivity index (χ4v) is 2.66. The minimum atomic E-state index is -0.733. The van der Waals surface area contributed by atoms with Crippen LogP contribution >= 0.6 is 15.9 Å². The third-order valence-corrected chi connectivity index (χ3v) is 3.85. The van der Waals surface area contributed by atoms with Gasteiger partial charge in [-0.3, -0.25) is 14.5 Å². The minimum Gasteiger partial charge on any atom is -0.343 e. The molecule has 0 aliphatic carbocycles. The summed E-state index contributed by atoms with van der Waals surface area (Å²) in [6.45, 7) is 3.38. The summed E-state index contributed by atoms with van der Waals surface area (Å²) in [5.41, 5.74) is 0.119. The molecule has 0 spiro atoms. The molecule has 19 heavy (non-hydrogen) atoms. The second kappa shape index (κ2) is 5.28. The molecule has 1 aliphatic heterocycles. The average molecular weight is 329 g/mol. The van der Waals surface area contributed by atoms with E-state index in [1.165, 1.54) is 11.0 Å². The molecule has 0 saturated carbocycles. The number of nitrogens with zero attached hydrogens (tertiary/aromatic N) is 1. The van der Waals surface area contributed by atoms with Gasteiger partial charge >= 0.3 is 0 Å². The number of hydrogen-bond donors (Lipinski definition) is 1. The largest absolute Gasteiger partial charge is 0.343 e. The van der Waals surface area contributed by atoms with Crippen LogP contribution in [0.25, 0.3) is 0 Å². The number of hydrogen-bond acceptors (Lipinski definition) is 2. The number of benzene rings is 1. The highest BCUT2D eigenvalue weighted by molar-refractivity contribution is 9.10. The number of carbonyl (C=O) groups excluding carboxylic acids is 2. The van der Waals surface area contributed by atoms with E-state index in [-0.39, 0.29) is 17.5 Å². The Kier molecular flexibility index (Phi) is 3.89. The van der Waals surface area contributed by atoms with E-state index in [0.717, 1.165) is 0 Å². The molecule has 1 saturated heterocycles. The Morgan fingerprint density at radius 2 is 2.11 bits per heavy atom. The van der Waals surface area contributed by atoms with Crippen molar-refractivity contribution in [2.24, 2.45) is 0 Å². The van der Waals surface area contributed by atoms with E-state index in [4.69, 9.17) is 0 Å². The van der Waals surface area contributed by atoms with E-state index in [0.29, 0.717) is 10.9 Å². The third kappa shape index (κ3) is 2.36. The number of piperazine rings is 1. The molecule has 102 valence electrons. The first-order valence-corrected chi connectivity index (χ1v) is 6.84. The molecule has 1 aromatic rings. The van der Waals surface area contributed by atoms with Gasteiger partial charge in [0.25, 0.3) is 0 Å². The Labute approximate surface area is 119 Å². The molecule has 2 rings (SSSR count). The Morgan fingerprint density at radius 1 is 1.42 bits per heavy atom. The van der Waals surface area contributed by atoms with Gasteiger partial charge in [-0.2, -0.15) is 0 Å². The summed E-state index contributed by atoms with van der Waals surface area (Å²) in [5, 5.41) is 2.64. The van der Waals surface area contributed by atoms with Crippen LogP contribution in [0.4, 0.5) is 10.1 Å². The topological polar surface area (TPSA) is 49.4 Å². The number of amides is 2. The lowest BCUT2D eigenvalue weighted by atomic mass is 10.1. The summed E-state index contributed by atoms with van der Waals surface area (Å²) in [4.78, 5) is 25.4. The van der Waals surface area contributed by atoms with Crippen LogP contribution in [0.2, 0.25) is 0 Å². The van der Waals surface area contributed by atoms with Crippen molar-refractivity contribution < 1.29 is 14.0 Å². The molecule has 2 amide bonds.